The first-order valence-corrected chi connectivity index (χ1v) is 5.59. The second-order valence-electron chi connectivity index (χ2n) is 4.09. The standard InChI is InChI=1S/C12H15N3O/c13-8-10-3-4-12(14-9-10)15-6-1-2-11(16)5-7-15/h3-4,9,11,16H,1-2,5-7H2. The fraction of sp³-hybridized carbons (Fsp3) is 0.500. The van der Waals surface area contributed by atoms with Gasteiger partial charge in [-0.05, 0) is 31.4 Å². The molecule has 0 radical (unpaired) electrons. The summed E-state index contributed by atoms with van der Waals surface area (Å²) in [5.41, 5.74) is 0.582. The van der Waals surface area contributed by atoms with Crippen LogP contribution in [0, 0.1) is 11.3 Å². The first-order valence-electron chi connectivity index (χ1n) is 5.59. The molecule has 0 saturated carbocycles. The van der Waals surface area contributed by atoms with Crippen LogP contribution in [0.25, 0.3) is 0 Å². The molecule has 2 rings (SSSR count). The molecular formula is C12H15N3O. The zero-order valence-electron chi connectivity index (χ0n) is 9.13. The van der Waals surface area contributed by atoms with E-state index in [0.29, 0.717) is 5.56 Å². The number of aliphatic hydroxyl groups is 1. The van der Waals surface area contributed by atoms with Gasteiger partial charge >= 0.3 is 0 Å². The second-order valence-corrected chi connectivity index (χ2v) is 4.09. The predicted molar refractivity (Wildman–Crippen MR) is 61.0 cm³/mol. The molecule has 0 aliphatic carbocycles. The third-order valence-electron chi connectivity index (χ3n) is 2.90. The maximum absolute atomic E-state index is 9.55. The summed E-state index contributed by atoms with van der Waals surface area (Å²) in [6.07, 6.45) is 4.07. The molecule has 4 nitrogen and oxygen atoms in total. The van der Waals surface area contributed by atoms with Crippen molar-refractivity contribution >= 4 is 5.82 Å². The molecule has 0 aromatic carbocycles. The van der Waals surface area contributed by atoms with E-state index >= 15 is 0 Å². The van der Waals surface area contributed by atoms with Crippen LogP contribution in [0.4, 0.5) is 5.82 Å². The zero-order chi connectivity index (χ0) is 11.4. The van der Waals surface area contributed by atoms with Gasteiger partial charge in [-0.3, -0.25) is 0 Å². The summed E-state index contributed by atoms with van der Waals surface area (Å²) in [5.74, 6) is 0.896. The number of hydrogen-bond donors (Lipinski definition) is 1. The molecule has 0 spiro atoms. The molecular weight excluding hydrogens is 202 g/mol. The van der Waals surface area contributed by atoms with Crippen molar-refractivity contribution in [1.82, 2.24) is 4.98 Å². The van der Waals surface area contributed by atoms with Crippen molar-refractivity contribution in [2.45, 2.75) is 25.4 Å². The van der Waals surface area contributed by atoms with Gasteiger partial charge in [0.2, 0.25) is 0 Å². The number of rotatable bonds is 1. The molecule has 2 heterocycles. The molecule has 16 heavy (non-hydrogen) atoms. The van der Waals surface area contributed by atoms with E-state index in [-0.39, 0.29) is 6.10 Å². The molecule has 1 aliphatic rings. The first-order chi connectivity index (χ1) is 7.79. The van der Waals surface area contributed by atoms with Crippen LogP contribution in [-0.2, 0) is 0 Å². The molecule has 0 bridgehead atoms. The van der Waals surface area contributed by atoms with Gasteiger partial charge in [0, 0.05) is 19.3 Å². The lowest BCUT2D eigenvalue weighted by atomic mass is 10.2. The minimum Gasteiger partial charge on any atom is -0.393 e. The van der Waals surface area contributed by atoms with Gasteiger partial charge in [-0.1, -0.05) is 0 Å². The fourth-order valence-electron chi connectivity index (χ4n) is 1.95. The summed E-state index contributed by atoms with van der Waals surface area (Å²) in [7, 11) is 0. The minimum atomic E-state index is -0.177. The van der Waals surface area contributed by atoms with Gasteiger partial charge in [-0.2, -0.15) is 5.26 Å². The molecule has 84 valence electrons. The lowest BCUT2D eigenvalue weighted by Gasteiger charge is -2.21. The topological polar surface area (TPSA) is 60.2 Å². The Morgan fingerprint density at radius 1 is 1.38 bits per heavy atom. The largest absolute Gasteiger partial charge is 0.393 e. The van der Waals surface area contributed by atoms with Crippen LogP contribution in [0.2, 0.25) is 0 Å². The molecule has 4 heteroatoms. The van der Waals surface area contributed by atoms with Gasteiger partial charge in [-0.25, -0.2) is 4.98 Å². The quantitative estimate of drug-likeness (QED) is 0.770. The van der Waals surface area contributed by atoms with E-state index in [2.05, 4.69) is 16.0 Å². The minimum absolute atomic E-state index is 0.177. The Balaban J connectivity index is 2.08. The highest BCUT2D eigenvalue weighted by atomic mass is 16.3. The van der Waals surface area contributed by atoms with Crippen molar-refractivity contribution in [2.75, 3.05) is 18.0 Å². The summed E-state index contributed by atoms with van der Waals surface area (Å²) in [4.78, 5) is 6.43. The van der Waals surface area contributed by atoms with Crippen molar-refractivity contribution in [3.63, 3.8) is 0 Å². The number of hydrogen-bond acceptors (Lipinski definition) is 4. The van der Waals surface area contributed by atoms with Crippen LogP contribution in [0.15, 0.2) is 18.3 Å². The molecule has 1 aromatic rings. The average molecular weight is 217 g/mol. The van der Waals surface area contributed by atoms with E-state index in [9.17, 15) is 5.11 Å². The molecule has 0 amide bonds. The molecule has 1 atom stereocenters. The van der Waals surface area contributed by atoms with Crippen LogP contribution in [0.5, 0.6) is 0 Å². The molecule has 1 fully saturated rings. The lowest BCUT2D eigenvalue weighted by molar-refractivity contribution is 0.161. The maximum atomic E-state index is 9.55. The molecule has 1 saturated heterocycles. The van der Waals surface area contributed by atoms with Gasteiger partial charge in [0.15, 0.2) is 0 Å². The Morgan fingerprint density at radius 2 is 2.25 bits per heavy atom. The number of aliphatic hydroxyl groups excluding tert-OH is 1. The summed E-state index contributed by atoms with van der Waals surface area (Å²) in [6.45, 7) is 1.76. The Bertz CT molecular complexity index is 382. The summed E-state index contributed by atoms with van der Waals surface area (Å²) >= 11 is 0. The lowest BCUT2D eigenvalue weighted by Crippen LogP contribution is -2.25. The smallest absolute Gasteiger partial charge is 0.128 e. The van der Waals surface area contributed by atoms with Gasteiger partial charge in [0.25, 0.3) is 0 Å². The third-order valence-corrected chi connectivity index (χ3v) is 2.90. The number of nitrogens with zero attached hydrogens (tertiary/aromatic N) is 3. The summed E-state index contributed by atoms with van der Waals surface area (Å²) in [6, 6.07) is 5.71. The van der Waals surface area contributed by atoms with E-state index in [0.717, 1.165) is 38.2 Å². The molecule has 1 unspecified atom stereocenters. The van der Waals surface area contributed by atoms with Gasteiger partial charge in [0.05, 0.1) is 11.7 Å². The molecule has 1 aliphatic heterocycles. The normalized spacial score (nSPS) is 21.2. The van der Waals surface area contributed by atoms with Crippen LogP contribution in [0.3, 0.4) is 0 Å². The van der Waals surface area contributed by atoms with E-state index in [1.807, 2.05) is 6.07 Å². The van der Waals surface area contributed by atoms with E-state index in [4.69, 9.17) is 5.26 Å². The Kier molecular flexibility index (Phi) is 3.37. The van der Waals surface area contributed by atoms with Gasteiger partial charge in [0.1, 0.15) is 11.9 Å². The SMILES string of the molecule is N#Cc1ccc(N2CCCC(O)CC2)nc1. The van der Waals surface area contributed by atoms with Gasteiger partial charge in [-0.15, -0.1) is 0 Å². The summed E-state index contributed by atoms with van der Waals surface area (Å²) < 4.78 is 0. The highest BCUT2D eigenvalue weighted by Crippen LogP contribution is 2.17. The highest BCUT2D eigenvalue weighted by Gasteiger charge is 2.15. The van der Waals surface area contributed by atoms with Gasteiger partial charge < -0.3 is 10.0 Å². The third kappa shape index (κ3) is 2.50. The van der Waals surface area contributed by atoms with Crippen LogP contribution >= 0.6 is 0 Å². The number of pyridine rings is 1. The highest BCUT2D eigenvalue weighted by molar-refractivity contribution is 5.41. The zero-order valence-corrected chi connectivity index (χ0v) is 9.13. The maximum Gasteiger partial charge on any atom is 0.128 e. The molecule has 1 N–H and O–H groups in total. The Labute approximate surface area is 95.1 Å². The first kappa shape index (κ1) is 10.9. The van der Waals surface area contributed by atoms with Crippen molar-refractivity contribution in [2.24, 2.45) is 0 Å². The van der Waals surface area contributed by atoms with E-state index in [1.54, 1.807) is 12.3 Å². The summed E-state index contributed by atoms with van der Waals surface area (Å²) in [5, 5.41) is 18.2. The monoisotopic (exact) mass is 217 g/mol. The fourth-order valence-corrected chi connectivity index (χ4v) is 1.95. The van der Waals surface area contributed by atoms with Crippen molar-refractivity contribution in [3.8, 4) is 6.07 Å². The number of nitriles is 1. The predicted octanol–water partition coefficient (Wildman–Crippen LogP) is 1.30. The van der Waals surface area contributed by atoms with E-state index in [1.165, 1.54) is 0 Å². The van der Waals surface area contributed by atoms with Crippen LogP contribution < -0.4 is 4.90 Å². The molecule has 1 aromatic heterocycles. The van der Waals surface area contributed by atoms with Crippen LogP contribution in [0.1, 0.15) is 24.8 Å². The van der Waals surface area contributed by atoms with E-state index < -0.39 is 0 Å². The Hall–Kier alpha value is -1.60. The van der Waals surface area contributed by atoms with Crippen molar-refractivity contribution < 1.29 is 5.11 Å². The number of anilines is 1. The van der Waals surface area contributed by atoms with Crippen molar-refractivity contribution in [3.05, 3.63) is 23.9 Å². The second kappa shape index (κ2) is 4.95. The Morgan fingerprint density at radius 3 is 2.94 bits per heavy atom. The van der Waals surface area contributed by atoms with Crippen LogP contribution in [-0.4, -0.2) is 29.3 Å². The average Bonchev–Trinajstić information content (AvgIpc) is 2.54. The van der Waals surface area contributed by atoms with Crippen molar-refractivity contribution in [1.29, 1.82) is 5.26 Å². The number of aromatic nitrogens is 1.